The number of benzene rings is 1. The molecule has 0 unspecified atom stereocenters. The Balaban J connectivity index is 1.63. The maximum Gasteiger partial charge on any atom is 0.416 e. The van der Waals surface area contributed by atoms with E-state index in [0.29, 0.717) is 59.7 Å². The zero-order chi connectivity index (χ0) is 21.9. The maximum absolute atomic E-state index is 13.6. The molecule has 2 aliphatic rings. The standard InChI is InChI=1S/C23H19F3N4O2/c24-23(25,26)13-11-16(14-5-6-27-17(14)12-13)21-28-19-15-3-1-2-4-18(15)32-20(19)22(29-21)30-7-9-31-10-8-30/h2,4-6,11-12,27H,1,3,7-10H2. The van der Waals surface area contributed by atoms with Crippen LogP contribution in [-0.2, 0) is 17.3 Å². The summed E-state index contributed by atoms with van der Waals surface area (Å²) in [4.78, 5) is 14.4. The summed E-state index contributed by atoms with van der Waals surface area (Å²) in [6, 6.07) is 4.00. The van der Waals surface area contributed by atoms with Crippen molar-refractivity contribution in [3.8, 4) is 11.4 Å². The minimum Gasteiger partial charge on any atom is -0.451 e. The third-order valence-electron chi connectivity index (χ3n) is 6.02. The van der Waals surface area contributed by atoms with Crippen molar-refractivity contribution in [2.45, 2.75) is 19.0 Å². The Morgan fingerprint density at radius 1 is 1.09 bits per heavy atom. The summed E-state index contributed by atoms with van der Waals surface area (Å²) in [5.41, 5.74) is 2.20. The summed E-state index contributed by atoms with van der Waals surface area (Å²) in [5.74, 6) is 1.59. The van der Waals surface area contributed by atoms with Gasteiger partial charge in [-0.2, -0.15) is 13.2 Å². The number of rotatable bonds is 2. The molecule has 0 bridgehead atoms. The first-order valence-corrected chi connectivity index (χ1v) is 10.5. The van der Waals surface area contributed by atoms with Gasteiger partial charge in [-0.25, -0.2) is 9.97 Å². The predicted octanol–water partition coefficient (Wildman–Crippen LogP) is 5.19. The highest BCUT2D eigenvalue weighted by Crippen LogP contribution is 2.40. The first-order chi connectivity index (χ1) is 15.5. The number of furan rings is 1. The van der Waals surface area contributed by atoms with E-state index < -0.39 is 11.7 Å². The smallest absolute Gasteiger partial charge is 0.416 e. The second kappa shape index (κ2) is 7.09. The van der Waals surface area contributed by atoms with Gasteiger partial charge in [-0.3, -0.25) is 0 Å². The Morgan fingerprint density at radius 2 is 1.94 bits per heavy atom. The van der Waals surface area contributed by atoms with Crippen LogP contribution in [0.1, 0.15) is 23.3 Å². The number of H-pyrrole nitrogens is 1. The van der Waals surface area contributed by atoms with Gasteiger partial charge in [0.25, 0.3) is 0 Å². The molecule has 1 aromatic carbocycles. The molecule has 32 heavy (non-hydrogen) atoms. The molecule has 6 rings (SSSR count). The van der Waals surface area contributed by atoms with Gasteiger partial charge in [0.05, 0.1) is 18.8 Å². The van der Waals surface area contributed by atoms with Gasteiger partial charge in [-0.15, -0.1) is 0 Å². The highest BCUT2D eigenvalue weighted by Gasteiger charge is 2.33. The average Bonchev–Trinajstić information content (AvgIpc) is 3.42. The molecule has 0 radical (unpaired) electrons. The molecule has 0 spiro atoms. The Labute approximate surface area is 180 Å². The Hall–Kier alpha value is -3.33. The molecule has 1 N–H and O–H groups in total. The molecule has 1 fully saturated rings. The van der Waals surface area contributed by atoms with Crippen LogP contribution in [-0.4, -0.2) is 41.3 Å². The summed E-state index contributed by atoms with van der Waals surface area (Å²) >= 11 is 0. The highest BCUT2D eigenvalue weighted by molar-refractivity contribution is 5.97. The number of alkyl halides is 3. The number of hydrogen-bond acceptors (Lipinski definition) is 5. The maximum atomic E-state index is 13.6. The number of ether oxygens (including phenoxy) is 1. The number of aromatic nitrogens is 3. The van der Waals surface area contributed by atoms with Gasteiger partial charge < -0.3 is 19.0 Å². The second-order valence-electron chi connectivity index (χ2n) is 7.99. The second-order valence-corrected chi connectivity index (χ2v) is 7.99. The first kappa shape index (κ1) is 19.4. The molecule has 0 atom stereocenters. The van der Waals surface area contributed by atoms with Crippen molar-refractivity contribution in [1.29, 1.82) is 0 Å². The largest absolute Gasteiger partial charge is 0.451 e. The topological polar surface area (TPSA) is 67.2 Å². The van der Waals surface area contributed by atoms with Crippen LogP contribution in [0.15, 0.2) is 34.9 Å². The monoisotopic (exact) mass is 440 g/mol. The molecular formula is C23H19F3N4O2. The Morgan fingerprint density at radius 3 is 2.75 bits per heavy atom. The van der Waals surface area contributed by atoms with Gasteiger partial charge in [0.15, 0.2) is 17.2 Å². The lowest BCUT2D eigenvalue weighted by Crippen LogP contribution is -2.37. The molecule has 164 valence electrons. The van der Waals surface area contributed by atoms with Crippen LogP contribution in [0, 0.1) is 0 Å². The fourth-order valence-electron chi connectivity index (χ4n) is 4.45. The van der Waals surface area contributed by atoms with E-state index in [4.69, 9.17) is 19.1 Å². The molecule has 4 heterocycles. The van der Waals surface area contributed by atoms with Crippen molar-refractivity contribution in [3.63, 3.8) is 0 Å². The van der Waals surface area contributed by atoms with Crippen LogP contribution in [0.3, 0.4) is 0 Å². The first-order valence-electron chi connectivity index (χ1n) is 10.5. The summed E-state index contributed by atoms with van der Waals surface area (Å²) in [5, 5.41) is 0.641. The summed E-state index contributed by atoms with van der Waals surface area (Å²) in [6.45, 7) is 2.34. The van der Waals surface area contributed by atoms with Crippen molar-refractivity contribution in [2.24, 2.45) is 0 Å². The molecule has 1 aliphatic carbocycles. The average molecular weight is 440 g/mol. The minimum absolute atomic E-state index is 0.257. The number of hydrogen-bond donors (Lipinski definition) is 1. The highest BCUT2D eigenvalue weighted by atomic mass is 19.4. The van der Waals surface area contributed by atoms with Crippen molar-refractivity contribution in [2.75, 3.05) is 31.2 Å². The molecular weight excluding hydrogens is 421 g/mol. The van der Waals surface area contributed by atoms with Gasteiger partial charge >= 0.3 is 6.18 Å². The number of morpholine rings is 1. The fraction of sp³-hybridized carbons (Fsp3) is 0.304. The van der Waals surface area contributed by atoms with E-state index in [2.05, 4.69) is 9.88 Å². The van der Waals surface area contributed by atoms with Crippen LogP contribution in [0.5, 0.6) is 0 Å². The van der Waals surface area contributed by atoms with Crippen molar-refractivity contribution in [3.05, 3.63) is 47.4 Å². The van der Waals surface area contributed by atoms with Gasteiger partial charge in [0.1, 0.15) is 11.3 Å². The SMILES string of the molecule is FC(F)(F)c1cc(-c2nc(N3CCOCC3)c3oc4c(c3n2)CCC=C4)c2cc[nH]c2c1. The van der Waals surface area contributed by atoms with E-state index in [1.165, 1.54) is 0 Å². The molecule has 0 saturated carbocycles. The molecule has 1 aliphatic heterocycles. The van der Waals surface area contributed by atoms with Crippen LogP contribution < -0.4 is 4.90 Å². The van der Waals surface area contributed by atoms with E-state index >= 15 is 0 Å². The lowest BCUT2D eigenvalue weighted by molar-refractivity contribution is -0.137. The normalized spacial score (nSPS) is 16.8. The number of aryl methyl sites for hydroxylation is 1. The fourth-order valence-corrected chi connectivity index (χ4v) is 4.45. The molecule has 1 saturated heterocycles. The zero-order valence-corrected chi connectivity index (χ0v) is 17.0. The number of aromatic amines is 1. The van der Waals surface area contributed by atoms with E-state index in [9.17, 15) is 13.2 Å². The van der Waals surface area contributed by atoms with Gasteiger partial charge in [0, 0.05) is 41.3 Å². The third kappa shape index (κ3) is 3.07. The summed E-state index contributed by atoms with van der Waals surface area (Å²) < 4.78 is 52.5. The van der Waals surface area contributed by atoms with Gasteiger partial charge in [0.2, 0.25) is 0 Å². The van der Waals surface area contributed by atoms with Crippen LogP contribution in [0.25, 0.3) is 39.5 Å². The van der Waals surface area contributed by atoms with Crippen molar-refractivity contribution >= 4 is 33.9 Å². The molecule has 6 nitrogen and oxygen atoms in total. The van der Waals surface area contributed by atoms with Crippen molar-refractivity contribution in [1.82, 2.24) is 15.0 Å². The minimum atomic E-state index is -4.48. The zero-order valence-electron chi connectivity index (χ0n) is 17.0. The van der Waals surface area contributed by atoms with E-state index in [0.717, 1.165) is 36.3 Å². The lowest BCUT2D eigenvalue weighted by atomic mass is 10.0. The van der Waals surface area contributed by atoms with Gasteiger partial charge in [-0.05, 0) is 37.1 Å². The number of allylic oxidation sites excluding steroid dienone is 1. The lowest BCUT2D eigenvalue weighted by Gasteiger charge is -2.28. The van der Waals surface area contributed by atoms with Crippen LogP contribution in [0.4, 0.5) is 19.0 Å². The number of fused-ring (bicyclic) bond motifs is 4. The molecule has 9 heteroatoms. The van der Waals surface area contributed by atoms with Crippen LogP contribution >= 0.6 is 0 Å². The molecule has 3 aromatic heterocycles. The predicted molar refractivity (Wildman–Crippen MR) is 114 cm³/mol. The Kier molecular flexibility index (Phi) is 4.29. The number of nitrogens with zero attached hydrogens (tertiary/aromatic N) is 3. The van der Waals surface area contributed by atoms with Crippen LogP contribution in [0.2, 0.25) is 0 Å². The van der Waals surface area contributed by atoms with E-state index in [1.54, 1.807) is 12.3 Å². The summed E-state index contributed by atoms with van der Waals surface area (Å²) in [6.07, 6.45) is 2.74. The molecule has 4 aromatic rings. The number of anilines is 1. The van der Waals surface area contributed by atoms with E-state index in [-0.39, 0.29) is 5.82 Å². The quantitative estimate of drug-likeness (QED) is 0.465. The van der Waals surface area contributed by atoms with E-state index in [1.807, 2.05) is 12.2 Å². The Bertz CT molecular complexity index is 1360. The third-order valence-corrected chi connectivity index (χ3v) is 6.02. The summed E-state index contributed by atoms with van der Waals surface area (Å²) in [7, 11) is 0. The van der Waals surface area contributed by atoms with Crippen molar-refractivity contribution < 1.29 is 22.3 Å². The number of halogens is 3. The number of nitrogens with one attached hydrogen (secondary N) is 1. The molecule has 0 amide bonds. The van der Waals surface area contributed by atoms with Gasteiger partial charge in [-0.1, -0.05) is 6.08 Å².